The molecule has 1 saturated heterocycles. The van der Waals surface area contributed by atoms with Crippen LogP contribution < -0.4 is 20.5 Å². The number of aliphatic imine (C=N–C) groups is 1. The van der Waals surface area contributed by atoms with Crippen LogP contribution in [0.3, 0.4) is 0 Å². The Morgan fingerprint density at radius 3 is 2.42 bits per heavy atom. The molecular weight excluding hydrogens is 443 g/mol. The number of nitrogens with two attached hydrogens (primary N) is 1. The molecule has 148 valence electrons. The van der Waals surface area contributed by atoms with Crippen LogP contribution in [0.4, 0.5) is 5.69 Å². The largest absolute Gasteiger partial charge is 0.493 e. The van der Waals surface area contributed by atoms with E-state index in [0.717, 1.165) is 18.7 Å². The summed E-state index contributed by atoms with van der Waals surface area (Å²) >= 11 is 0. The number of halogens is 1. The van der Waals surface area contributed by atoms with E-state index in [4.69, 9.17) is 15.2 Å². The number of methoxy groups -OCH3 is 2. The second kappa shape index (κ2) is 11.5. The van der Waals surface area contributed by atoms with Gasteiger partial charge in [0.05, 0.1) is 20.8 Å². The molecule has 0 saturated carbocycles. The molecule has 2 rings (SSSR count). The Bertz CT molecular complexity index is 575. The summed E-state index contributed by atoms with van der Waals surface area (Å²) in [5.41, 5.74) is 6.93. The lowest BCUT2D eigenvalue weighted by Gasteiger charge is -2.27. The second-order valence-corrected chi connectivity index (χ2v) is 6.95. The maximum absolute atomic E-state index is 6.09. The Balaban J connectivity index is 0.00000338. The highest BCUT2D eigenvalue weighted by molar-refractivity contribution is 14.0. The van der Waals surface area contributed by atoms with Crippen molar-refractivity contribution in [2.45, 2.75) is 39.2 Å². The van der Waals surface area contributed by atoms with Gasteiger partial charge in [0.1, 0.15) is 0 Å². The van der Waals surface area contributed by atoms with Gasteiger partial charge in [-0.15, -0.1) is 24.0 Å². The number of likely N-dealkylation sites (tertiary alicyclic amines) is 1. The standard InChI is InChI=1S/C19H32N4O2.HI/c1-14(2)11-16(23-9-5-6-10-23)13-21-19(20)22-15-7-8-17(24-3)18(12-15)25-4;/h7-8,12,14,16H,5-6,9-11,13H2,1-4H3,(H3,20,21,22);1H. The molecule has 0 spiro atoms. The van der Waals surface area contributed by atoms with Gasteiger partial charge in [0.15, 0.2) is 17.5 Å². The quantitative estimate of drug-likeness (QED) is 0.341. The maximum Gasteiger partial charge on any atom is 0.193 e. The number of hydrogen-bond donors (Lipinski definition) is 2. The van der Waals surface area contributed by atoms with Crippen LogP contribution in [0.25, 0.3) is 0 Å². The Morgan fingerprint density at radius 2 is 1.85 bits per heavy atom. The van der Waals surface area contributed by atoms with Gasteiger partial charge in [0.25, 0.3) is 0 Å². The van der Waals surface area contributed by atoms with Gasteiger partial charge in [-0.25, -0.2) is 0 Å². The molecule has 0 aromatic heterocycles. The third kappa shape index (κ3) is 6.83. The van der Waals surface area contributed by atoms with E-state index in [2.05, 4.69) is 29.1 Å². The monoisotopic (exact) mass is 476 g/mol. The number of ether oxygens (including phenoxy) is 2. The van der Waals surface area contributed by atoms with E-state index in [-0.39, 0.29) is 24.0 Å². The highest BCUT2D eigenvalue weighted by Crippen LogP contribution is 2.29. The molecule has 0 bridgehead atoms. The van der Waals surface area contributed by atoms with Crippen molar-refractivity contribution in [3.63, 3.8) is 0 Å². The van der Waals surface area contributed by atoms with Crippen molar-refractivity contribution in [3.8, 4) is 11.5 Å². The molecular formula is C19H33IN4O2. The van der Waals surface area contributed by atoms with E-state index in [1.807, 2.05) is 18.2 Å². The van der Waals surface area contributed by atoms with E-state index in [1.165, 1.54) is 25.9 Å². The molecule has 26 heavy (non-hydrogen) atoms. The first-order valence-corrected chi connectivity index (χ1v) is 9.06. The van der Waals surface area contributed by atoms with Gasteiger partial charge in [0.2, 0.25) is 0 Å². The van der Waals surface area contributed by atoms with Gasteiger partial charge in [-0.1, -0.05) is 13.8 Å². The summed E-state index contributed by atoms with van der Waals surface area (Å²) in [6, 6.07) is 6.07. The molecule has 0 radical (unpaired) electrons. The van der Waals surface area contributed by atoms with Crippen LogP contribution in [0.1, 0.15) is 33.1 Å². The van der Waals surface area contributed by atoms with Crippen LogP contribution in [0, 0.1) is 5.92 Å². The molecule has 1 aliphatic rings. The van der Waals surface area contributed by atoms with E-state index in [1.54, 1.807) is 14.2 Å². The molecule has 3 N–H and O–H groups in total. The summed E-state index contributed by atoms with van der Waals surface area (Å²) in [6.45, 7) is 7.60. The van der Waals surface area contributed by atoms with Crippen molar-refractivity contribution < 1.29 is 9.47 Å². The Hall–Kier alpha value is -1.22. The molecule has 1 aliphatic heterocycles. The highest BCUT2D eigenvalue weighted by atomic mass is 127. The normalized spacial score (nSPS) is 16.3. The zero-order chi connectivity index (χ0) is 18.2. The van der Waals surface area contributed by atoms with Crippen LogP contribution in [0.15, 0.2) is 23.2 Å². The Kier molecular flexibility index (Phi) is 10.1. The molecule has 0 aliphatic carbocycles. The third-order valence-corrected chi connectivity index (χ3v) is 4.53. The SMILES string of the molecule is COc1ccc(NC(N)=NCC(CC(C)C)N2CCCC2)cc1OC.I. The highest BCUT2D eigenvalue weighted by Gasteiger charge is 2.22. The summed E-state index contributed by atoms with van der Waals surface area (Å²) in [4.78, 5) is 7.13. The smallest absolute Gasteiger partial charge is 0.193 e. The molecule has 1 fully saturated rings. The zero-order valence-corrected chi connectivity index (χ0v) is 18.7. The minimum Gasteiger partial charge on any atom is -0.493 e. The predicted molar refractivity (Wildman–Crippen MR) is 119 cm³/mol. The minimum atomic E-state index is 0. The first kappa shape index (κ1) is 22.8. The van der Waals surface area contributed by atoms with E-state index >= 15 is 0 Å². The number of benzene rings is 1. The molecule has 7 heteroatoms. The van der Waals surface area contributed by atoms with Gasteiger partial charge >= 0.3 is 0 Å². The Labute approximate surface area is 174 Å². The summed E-state index contributed by atoms with van der Waals surface area (Å²) in [5.74, 6) is 2.44. The van der Waals surface area contributed by atoms with Gasteiger partial charge in [-0.05, 0) is 50.4 Å². The molecule has 1 aromatic rings. The van der Waals surface area contributed by atoms with E-state index in [0.29, 0.717) is 29.4 Å². The van der Waals surface area contributed by atoms with Crippen LogP contribution in [0.5, 0.6) is 11.5 Å². The number of guanidine groups is 1. The topological polar surface area (TPSA) is 72.1 Å². The summed E-state index contributed by atoms with van der Waals surface area (Å²) in [7, 11) is 3.24. The predicted octanol–water partition coefficient (Wildman–Crippen LogP) is 3.56. The van der Waals surface area contributed by atoms with Gasteiger partial charge < -0.3 is 20.5 Å². The van der Waals surface area contributed by atoms with Crippen LogP contribution >= 0.6 is 24.0 Å². The second-order valence-electron chi connectivity index (χ2n) is 6.95. The lowest BCUT2D eigenvalue weighted by molar-refractivity contribution is 0.218. The first-order chi connectivity index (χ1) is 12.0. The maximum atomic E-state index is 6.09. The lowest BCUT2D eigenvalue weighted by atomic mass is 10.0. The fourth-order valence-corrected chi connectivity index (χ4v) is 3.30. The average Bonchev–Trinajstić information content (AvgIpc) is 3.12. The van der Waals surface area contributed by atoms with Gasteiger partial charge in [0, 0.05) is 17.8 Å². The molecule has 1 heterocycles. The summed E-state index contributed by atoms with van der Waals surface area (Å²) < 4.78 is 10.6. The molecule has 0 amide bonds. The van der Waals surface area contributed by atoms with Crippen LogP contribution in [-0.2, 0) is 0 Å². The van der Waals surface area contributed by atoms with Gasteiger partial charge in [-0.2, -0.15) is 0 Å². The van der Waals surface area contributed by atoms with Crippen molar-refractivity contribution in [2.24, 2.45) is 16.6 Å². The summed E-state index contributed by atoms with van der Waals surface area (Å²) in [6.07, 6.45) is 3.72. The fraction of sp³-hybridized carbons (Fsp3) is 0.632. The average molecular weight is 476 g/mol. The minimum absolute atomic E-state index is 0. The number of hydrogen-bond acceptors (Lipinski definition) is 4. The van der Waals surface area contributed by atoms with Crippen LogP contribution in [0.2, 0.25) is 0 Å². The zero-order valence-electron chi connectivity index (χ0n) is 16.3. The number of rotatable bonds is 8. The Morgan fingerprint density at radius 1 is 1.19 bits per heavy atom. The third-order valence-electron chi connectivity index (χ3n) is 4.53. The van der Waals surface area contributed by atoms with Crippen LogP contribution in [-0.4, -0.2) is 50.8 Å². The lowest BCUT2D eigenvalue weighted by Crippen LogP contribution is -2.37. The molecule has 6 nitrogen and oxygen atoms in total. The fourth-order valence-electron chi connectivity index (χ4n) is 3.30. The molecule has 1 atom stereocenters. The first-order valence-electron chi connectivity index (χ1n) is 9.06. The van der Waals surface area contributed by atoms with E-state index < -0.39 is 0 Å². The van der Waals surface area contributed by atoms with Crippen molar-refractivity contribution in [1.29, 1.82) is 0 Å². The van der Waals surface area contributed by atoms with Gasteiger partial charge in [-0.3, -0.25) is 9.89 Å². The van der Waals surface area contributed by atoms with Crippen molar-refractivity contribution in [3.05, 3.63) is 18.2 Å². The number of nitrogens with zero attached hydrogens (tertiary/aromatic N) is 2. The van der Waals surface area contributed by atoms with E-state index in [9.17, 15) is 0 Å². The van der Waals surface area contributed by atoms with Crippen molar-refractivity contribution in [2.75, 3.05) is 39.2 Å². The summed E-state index contributed by atoms with van der Waals surface area (Å²) in [5, 5.41) is 3.14. The molecule has 1 unspecified atom stereocenters. The van der Waals surface area contributed by atoms with Crippen molar-refractivity contribution in [1.82, 2.24) is 4.90 Å². The number of anilines is 1. The van der Waals surface area contributed by atoms with Crippen molar-refractivity contribution >= 4 is 35.6 Å². The number of nitrogens with one attached hydrogen (secondary N) is 1. The molecule has 1 aromatic carbocycles.